The van der Waals surface area contributed by atoms with Crippen LogP contribution in [0.15, 0.2) is 41.5 Å². The first-order valence-corrected chi connectivity index (χ1v) is 8.55. The van der Waals surface area contributed by atoms with Gasteiger partial charge >= 0.3 is 6.09 Å². The van der Waals surface area contributed by atoms with Gasteiger partial charge in [-0.25, -0.2) is 10.2 Å². The molecule has 2 aromatic rings. The summed E-state index contributed by atoms with van der Waals surface area (Å²) in [6, 6.07) is 10.5. The minimum Gasteiger partial charge on any atom is -0.493 e. The average molecular weight is 413 g/mol. The summed E-state index contributed by atoms with van der Waals surface area (Å²) in [5, 5.41) is 4.32. The molecule has 9 heteroatoms. The molecule has 0 unspecified atom stereocenters. The van der Waals surface area contributed by atoms with Crippen LogP contribution in [0.2, 0.25) is 10.0 Å². The lowest BCUT2D eigenvalue weighted by Gasteiger charge is -2.13. The van der Waals surface area contributed by atoms with Crippen molar-refractivity contribution in [2.75, 3.05) is 27.4 Å². The monoisotopic (exact) mass is 412 g/mol. The fraction of sp³-hybridized carbons (Fsp3) is 0.222. The number of hydrazone groups is 1. The Bertz CT molecular complexity index is 791. The van der Waals surface area contributed by atoms with E-state index in [2.05, 4.69) is 15.3 Å². The normalized spacial score (nSPS) is 10.5. The van der Waals surface area contributed by atoms with Crippen LogP contribution in [-0.4, -0.2) is 39.7 Å². The number of ether oxygens (including phenoxy) is 4. The van der Waals surface area contributed by atoms with Crippen LogP contribution in [0.3, 0.4) is 0 Å². The number of carbonyl (C=O) groups excluding carboxylic acids is 1. The minimum absolute atomic E-state index is 0.231. The van der Waals surface area contributed by atoms with E-state index in [-0.39, 0.29) is 13.2 Å². The smallest absolute Gasteiger partial charge is 0.427 e. The molecule has 7 nitrogen and oxygen atoms in total. The average Bonchev–Trinajstić information content (AvgIpc) is 2.67. The lowest BCUT2D eigenvalue weighted by atomic mass is 10.2. The van der Waals surface area contributed by atoms with Crippen LogP contribution < -0.4 is 19.6 Å². The number of para-hydroxylation sites is 2. The molecule has 0 saturated carbocycles. The molecule has 0 saturated heterocycles. The van der Waals surface area contributed by atoms with Crippen molar-refractivity contribution in [2.24, 2.45) is 5.10 Å². The Morgan fingerprint density at radius 2 is 1.70 bits per heavy atom. The molecule has 2 rings (SSSR count). The highest BCUT2D eigenvalue weighted by Crippen LogP contribution is 2.34. The van der Waals surface area contributed by atoms with Crippen LogP contribution in [0.4, 0.5) is 4.79 Å². The molecule has 0 atom stereocenters. The van der Waals surface area contributed by atoms with Gasteiger partial charge in [-0.3, -0.25) is 0 Å². The van der Waals surface area contributed by atoms with E-state index in [4.69, 9.17) is 37.4 Å². The molecule has 0 aliphatic heterocycles. The number of benzene rings is 2. The van der Waals surface area contributed by atoms with E-state index >= 15 is 0 Å². The summed E-state index contributed by atoms with van der Waals surface area (Å²) in [7, 11) is 2.81. The topological polar surface area (TPSA) is 78.4 Å². The van der Waals surface area contributed by atoms with Crippen molar-refractivity contribution in [1.82, 2.24) is 5.43 Å². The fourth-order valence-electron chi connectivity index (χ4n) is 2.03. The van der Waals surface area contributed by atoms with Crippen LogP contribution in [0.25, 0.3) is 0 Å². The van der Waals surface area contributed by atoms with E-state index in [0.29, 0.717) is 32.9 Å². The van der Waals surface area contributed by atoms with Crippen LogP contribution in [0.5, 0.6) is 17.2 Å². The number of carbonyl (C=O) groups is 1. The predicted molar refractivity (Wildman–Crippen MR) is 104 cm³/mol. The molecule has 0 spiro atoms. The molecule has 0 aliphatic carbocycles. The van der Waals surface area contributed by atoms with E-state index in [9.17, 15) is 4.79 Å². The first-order valence-electron chi connectivity index (χ1n) is 7.79. The van der Waals surface area contributed by atoms with Crippen molar-refractivity contribution in [2.45, 2.75) is 0 Å². The van der Waals surface area contributed by atoms with Crippen LogP contribution in [0.1, 0.15) is 5.56 Å². The number of amides is 1. The zero-order chi connectivity index (χ0) is 19.6. The first kappa shape index (κ1) is 20.7. The van der Waals surface area contributed by atoms with Crippen molar-refractivity contribution in [3.63, 3.8) is 0 Å². The number of hydrogen-bond acceptors (Lipinski definition) is 6. The second-order valence-corrected chi connectivity index (χ2v) is 5.84. The summed E-state index contributed by atoms with van der Waals surface area (Å²) in [6.45, 7) is 0.508. The molecule has 27 heavy (non-hydrogen) atoms. The zero-order valence-corrected chi connectivity index (χ0v) is 16.2. The third-order valence-corrected chi connectivity index (χ3v) is 3.79. The summed E-state index contributed by atoms with van der Waals surface area (Å²) in [5.74, 6) is 1.59. The van der Waals surface area contributed by atoms with Crippen LogP contribution in [0, 0.1) is 0 Å². The summed E-state index contributed by atoms with van der Waals surface area (Å²) < 4.78 is 20.9. The van der Waals surface area contributed by atoms with Gasteiger partial charge in [-0.1, -0.05) is 35.3 Å². The Labute approximate surface area is 166 Å². The molecule has 1 amide bonds. The van der Waals surface area contributed by atoms with Gasteiger partial charge in [0, 0.05) is 0 Å². The Balaban J connectivity index is 1.92. The lowest BCUT2D eigenvalue weighted by Crippen LogP contribution is -2.16. The first-order chi connectivity index (χ1) is 13.0. The third kappa shape index (κ3) is 6.23. The van der Waals surface area contributed by atoms with Gasteiger partial charge in [0.1, 0.15) is 13.2 Å². The van der Waals surface area contributed by atoms with E-state index in [0.717, 1.165) is 0 Å². The second kappa shape index (κ2) is 10.5. The lowest BCUT2D eigenvalue weighted by molar-refractivity contribution is 0.171. The Morgan fingerprint density at radius 3 is 2.33 bits per heavy atom. The number of hydrogen-bond donors (Lipinski definition) is 1. The molecule has 0 radical (unpaired) electrons. The molecule has 0 bridgehead atoms. The Morgan fingerprint density at radius 1 is 1.07 bits per heavy atom. The van der Waals surface area contributed by atoms with E-state index < -0.39 is 6.09 Å². The molecular weight excluding hydrogens is 395 g/mol. The van der Waals surface area contributed by atoms with Crippen molar-refractivity contribution in [3.8, 4) is 17.2 Å². The number of nitrogens with one attached hydrogen (secondary N) is 1. The molecule has 1 N–H and O–H groups in total. The minimum atomic E-state index is -0.682. The van der Waals surface area contributed by atoms with Crippen LogP contribution >= 0.6 is 23.2 Å². The molecule has 0 aromatic heterocycles. The molecule has 0 aliphatic rings. The number of methoxy groups -OCH3 is 2. The van der Waals surface area contributed by atoms with Crippen molar-refractivity contribution in [1.29, 1.82) is 0 Å². The van der Waals surface area contributed by atoms with Gasteiger partial charge < -0.3 is 18.9 Å². The van der Waals surface area contributed by atoms with E-state index in [1.165, 1.54) is 13.3 Å². The van der Waals surface area contributed by atoms with Gasteiger partial charge in [-0.15, -0.1) is 0 Å². The van der Waals surface area contributed by atoms with E-state index in [1.54, 1.807) is 31.4 Å². The Kier molecular flexibility index (Phi) is 8.03. The number of halogens is 2. The van der Waals surface area contributed by atoms with Gasteiger partial charge in [0.05, 0.1) is 30.5 Å². The highest BCUT2D eigenvalue weighted by Gasteiger charge is 2.10. The van der Waals surface area contributed by atoms with Gasteiger partial charge in [-0.2, -0.15) is 5.10 Å². The van der Waals surface area contributed by atoms with Gasteiger partial charge in [0.25, 0.3) is 0 Å². The standard InChI is InChI=1S/C18H18Cl2N2O5/c1-24-15-5-3-4-6-16(15)26-7-8-27-17-13(19)9-12(10-14(17)20)11-21-22-18(23)25-2/h3-6,9-11H,7-8H2,1-2H3,(H,22,23)/b21-11-. The summed E-state index contributed by atoms with van der Waals surface area (Å²) >= 11 is 12.4. The van der Waals surface area contributed by atoms with Crippen molar-refractivity contribution >= 4 is 35.5 Å². The largest absolute Gasteiger partial charge is 0.493 e. The highest BCUT2D eigenvalue weighted by molar-refractivity contribution is 6.37. The van der Waals surface area contributed by atoms with Crippen molar-refractivity contribution in [3.05, 3.63) is 52.0 Å². The maximum atomic E-state index is 10.9. The zero-order valence-electron chi connectivity index (χ0n) is 14.7. The molecular formula is C18H18Cl2N2O5. The maximum absolute atomic E-state index is 10.9. The second-order valence-electron chi connectivity index (χ2n) is 5.02. The third-order valence-electron chi connectivity index (χ3n) is 3.23. The highest BCUT2D eigenvalue weighted by atomic mass is 35.5. The van der Waals surface area contributed by atoms with Gasteiger partial charge in [0.15, 0.2) is 17.2 Å². The van der Waals surface area contributed by atoms with Gasteiger partial charge in [-0.05, 0) is 29.8 Å². The quantitative estimate of drug-likeness (QED) is 0.400. The van der Waals surface area contributed by atoms with Gasteiger partial charge in [0.2, 0.25) is 0 Å². The number of rotatable bonds is 8. The molecule has 144 valence electrons. The summed E-state index contributed by atoms with van der Waals surface area (Å²) in [6.07, 6.45) is 0.696. The van der Waals surface area contributed by atoms with Crippen molar-refractivity contribution < 1.29 is 23.7 Å². The summed E-state index contributed by atoms with van der Waals surface area (Å²) in [5.41, 5.74) is 2.75. The fourth-order valence-corrected chi connectivity index (χ4v) is 2.64. The molecule has 2 aromatic carbocycles. The maximum Gasteiger partial charge on any atom is 0.427 e. The summed E-state index contributed by atoms with van der Waals surface area (Å²) in [4.78, 5) is 10.9. The number of nitrogens with zero attached hydrogens (tertiary/aromatic N) is 1. The SMILES string of the molecule is COC(=O)N/N=C\c1cc(Cl)c(OCCOc2ccccc2OC)c(Cl)c1. The Hall–Kier alpha value is -2.64. The van der Waals surface area contributed by atoms with Crippen LogP contribution in [-0.2, 0) is 4.74 Å². The molecule has 0 fully saturated rings. The molecule has 0 heterocycles. The van der Waals surface area contributed by atoms with E-state index in [1.807, 2.05) is 12.1 Å². The predicted octanol–water partition coefficient (Wildman–Crippen LogP) is 4.15.